The van der Waals surface area contributed by atoms with Crippen LogP contribution in [0.3, 0.4) is 0 Å². The Hall–Kier alpha value is -1.83. The molecule has 0 bridgehead atoms. The minimum absolute atomic E-state index is 0.0660. The van der Waals surface area contributed by atoms with E-state index in [0.717, 1.165) is 20.3 Å². The van der Waals surface area contributed by atoms with Crippen LogP contribution in [0.15, 0.2) is 11.1 Å². The van der Waals surface area contributed by atoms with E-state index in [1.165, 1.54) is 0 Å². The maximum atomic E-state index is 12.9. The fourth-order valence-corrected chi connectivity index (χ4v) is 5.34. The molecule has 0 spiro atoms. The lowest BCUT2D eigenvalue weighted by molar-refractivity contribution is -0.0486. The van der Waals surface area contributed by atoms with Crippen molar-refractivity contribution in [2.24, 2.45) is 5.73 Å². The predicted molar refractivity (Wildman–Crippen MR) is 124 cm³/mol. The summed E-state index contributed by atoms with van der Waals surface area (Å²) in [5, 5.41) is 20.8. The lowest BCUT2D eigenvalue weighted by atomic mass is 10.1. The second-order valence-corrected chi connectivity index (χ2v) is 11.0. The Balaban J connectivity index is 1.69. The van der Waals surface area contributed by atoms with Gasteiger partial charge < -0.3 is 50.6 Å². The average molecular weight is 573 g/mol. The Bertz CT molecular complexity index is 1220. The number of nitrogens with zero attached hydrogens (tertiary/aromatic N) is 4. The first-order valence-corrected chi connectivity index (χ1v) is 14.0. The standard InChI is InChI=1S/C16H29N7O12P2/c17-1-3-32-5-6-33-4-2-22-14(26)10-13(20-16(22)18)23(8-19-10)15-12(25)11(24)9(35-15)7-34-37(30,31)21-36(27,28)29/h8-9,11-12,15,24-25H,1-7,17H2,(H2,18,20)(H4,21,27,28,29,30,31)/t9-,11-,12-,15-/m1/s1. The van der Waals surface area contributed by atoms with Crippen molar-refractivity contribution in [3.05, 3.63) is 16.7 Å². The van der Waals surface area contributed by atoms with Gasteiger partial charge in [0.1, 0.15) is 18.3 Å². The van der Waals surface area contributed by atoms with Crippen LogP contribution in [-0.2, 0) is 34.4 Å². The normalized spacial score (nSPS) is 24.1. The molecule has 37 heavy (non-hydrogen) atoms. The summed E-state index contributed by atoms with van der Waals surface area (Å²) in [4.78, 5) is 49.2. The van der Waals surface area contributed by atoms with E-state index in [1.54, 1.807) is 0 Å². The molecule has 0 amide bonds. The molecule has 0 aromatic carbocycles. The van der Waals surface area contributed by atoms with Crippen LogP contribution in [0.4, 0.5) is 5.95 Å². The summed E-state index contributed by atoms with van der Waals surface area (Å²) in [7, 11) is -10.1. The molecule has 1 unspecified atom stereocenters. The molecule has 21 heteroatoms. The zero-order chi connectivity index (χ0) is 27.4. The molecule has 0 saturated carbocycles. The van der Waals surface area contributed by atoms with Crippen LogP contribution in [0.25, 0.3) is 11.2 Å². The third-order valence-electron chi connectivity index (χ3n) is 5.09. The van der Waals surface area contributed by atoms with Gasteiger partial charge in [0.25, 0.3) is 5.56 Å². The molecule has 1 fully saturated rings. The lowest BCUT2D eigenvalue weighted by Gasteiger charge is -2.18. The number of imidazole rings is 1. The van der Waals surface area contributed by atoms with E-state index in [2.05, 4.69) is 14.5 Å². The summed E-state index contributed by atoms with van der Waals surface area (Å²) in [6.45, 7) is 0.782. The SMILES string of the molecule is NCCOCCOCCn1c(N)nc2c(ncn2[C@@H]2O[C@H](COP(=O)(O)NP(=O)(O)O)[C@@H](O)[C@H]2O)c1=O. The summed E-state index contributed by atoms with van der Waals surface area (Å²) >= 11 is 0. The molecule has 5 atom stereocenters. The third kappa shape index (κ3) is 7.61. The number of nitrogens with two attached hydrogens (primary N) is 2. The Morgan fingerprint density at radius 2 is 1.78 bits per heavy atom. The highest BCUT2D eigenvalue weighted by Gasteiger charge is 2.45. The monoisotopic (exact) mass is 573 g/mol. The Morgan fingerprint density at radius 1 is 1.11 bits per heavy atom. The van der Waals surface area contributed by atoms with Crippen LogP contribution < -0.4 is 21.9 Å². The highest BCUT2D eigenvalue weighted by molar-refractivity contribution is 7.66. The molecule has 0 radical (unpaired) electrons. The van der Waals surface area contributed by atoms with Crippen molar-refractivity contribution in [2.75, 3.05) is 45.3 Å². The highest BCUT2D eigenvalue weighted by Crippen LogP contribution is 2.49. The zero-order valence-corrected chi connectivity index (χ0v) is 21.1. The van der Waals surface area contributed by atoms with E-state index in [-0.39, 0.29) is 36.9 Å². The number of nitrogens with one attached hydrogen (secondary N) is 1. The Morgan fingerprint density at radius 3 is 2.43 bits per heavy atom. The summed E-state index contributed by atoms with van der Waals surface area (Å²) < 4.78 is 45.6. The van der Waals surface area contributed by atoms with E-state index < -0.39 is 52.2 Å². The molecule has 3 rings (SSSR count). The molecule has 1 saturated heterocycles. The summed E-state index contributed by atoms with van der Waals surface area (Å²) in [5.41, 5.74) is 10.5. The first-order valence-electron chi connectivity index (χ1n) is 10.8. The van der Waals surface area contributed by atoms with E-state index in [4.69, 9.17) is 35.5 Å². The van der Waals surface area contributed by atoms with Crippen molar-refractivity contribution in [1.82, 2.24) is 24.0 Å². The van der Waals surface area contributed by atoms with E-state index in [9.17, 15) is 29.0 Å². The minimum Gasteiger partial charge on any atom is -0.387 e. The number of aromatic nitrogens is 4. The van der Waals surface area contributed by atoms with Crippen molar-refractivity contribution in [3.8, 4) is 0 Å². The third-order valence-corrected chi connectivity index (χ3v) is 7.64. The quantitative estimate of drug-likeness (QED) is 0.0806. The van der Waals surface area contributed by atoms with Gasteiger partial charge in [-0.2, -0.15) is 4.98 Å². The van der Waals surface area contributed by atoms with Gasteiger partial charge in [-0.15, -0.1) is 4.86 Å². The predicted octanol–water partition coefficient (Wildman–Crippen LogP) is -3.41. The molecule has 19 nitrogen and oxygen atoms in total. The smallest absolute Gasteiger partial charge is 0.387 e. The number of aliphatic hydroxyl groups is 2. The molecule has 0 aliphatic carbocycles. The molecular weight excluding hydrogens is 544 g/mol. The number of hydrogen-bond acceptors (Lipinski definition) is 13. The number of rotatable bonds is 14. The first kappa shape index (κ1) is 29.7. The topological polar surface area (TPSA) is 289 Å². The van der Waals surface area contributed by atoms with Gasteiger partial charge in [-0.1, -0.05) is 0 Å². The van der Waals surface area contributed by atoms with Crippen molar-refractivity contribution >= 4 is 32.6 Å². The van der Waals surface area contributed by atoms with Gasteiger partial charge in [0.05, 0.1) is 45.9 Å². The Labute approximate surface area is 208 Å². The molecule has 1 aliphatic rings. The van der Waals surface area contributed by atoms with Crippen molar-refractivity contribution < 1.29 is 52.8 Å². The fraction of sp³-hybridized carbons (Fsp3) is 0.688. The lowest BCUT2D eigenvalue weighted by Crippen LogP contribution is -2.34. The van der Waals surface area contributed by atoms with Crippen LogP contribution >= 0.6 is 15.5 Å². The van der Waals surface area contributed by atoms with Gasteiger partial charge >= 0.3 is 15.5 Å². The Kier molecular flexibility index (Phi) is 9.92. The van der Waals surface area contributed by atoms with Gasteiger partial charge in [-0.25, -0.2) is 14.1 Å². The largest absolute Gasteiger partial charge is 0.412 e. The van der Waals surface area contributed by atoms with Crippen LogP contribution in [0.5, 0.6) is 0 Å². The minimum atomic E-state index is -5.11. The molecular formula is C16H29N7O12P2. The highest BCUT2D eigenvalue weighted by atomic mass is 31.3. The van der Waals surface area contributed by atoms with Crippen LogP contribution in [0.1, 0.15) is 6.23 Å². The van der Waals surface area contributed by atoms with Crippen molar-refractivity contribution in [3.63, 3.8) is 0 Å². The summed E-state index contributed by atoms with van der Waals surface area (Å²) in [5.74, 6) is -0.181. The number of nitrogen functional groups attached to an aromatic ring is 1. The molecule has 2 aromatic heterocycles. The number of anilines is 1. The maximum absolute atomic E-state index is 12.9. The van der Waals surface area contributed by atoms with Crippen molar-refractivity contribution in [2.45, 2.75) is 31.1 Å². The van der Waals surface area contributed by atoms with Gasteiger partial charge in [0.2, 0.25) is 5.95 Å². The second-order valence-electron chi connectivity index (χ2n) is 7.77. The number of fused-ring (bicyclic) bond motifs is 1. The van der Waals surface area contributed by atoms with E-state index >= 15 is 0 Å². The van der Waals surface area contributed by atoms with Crippen LogP contribution in [-0.4, -0.2) is 102 Å². The fourth-order valence-electron chi connectivity index (χ4n) is 3.45. The number of aliphatic hydroxyl groups excluding tert-OH is 2. The van der Waals surface area contributed by atoms with Gasteiger partial charge in [-0.05, 0) is 0 Å². The van der Waals surface area contributed by atoms with Crippen LogP contribution in [0.2, 0.25) is 0 Å². The molecule has 2 aromatic rings. The van der Waals surface area contributed by atoms with E-state index in [1.807, 2.05) is 0 Å². The number of hydrogen-bond donors (Lipinski definition) is 8. The van der Waals surface area contributed by atoms with E-state index in [0.29, 0.717) is 19.8 Å². The van der Waals surface area contributed by atoms with Crippen LogP contribution in [0, 0.1) is 0 Å². The average Bonchev–Trinajstić information content (AvgIpc) is 3.33. The summed E-state index contributed by atoms with van der Waals surface area (Å²) in [6, 6.07) is 0. The van der Waals surface area contributed by atoms with Crippen molar-refractivity contribution in [1.29, 1.82) is 0 Å². The van der Waals surface area contributed by atoms with Gasteiger partial charge in [0, 0.05) is 6.54 Å². The molecule has 1 aliphatic heterocycles. The second kappa shape index (κ2) is 12.4. The molecule has 3 heterocycles. The maximum Gasteiger partial charge on any atom is 0.412 e. The zero-order valence-electron chi connectivity index (χ0n) is 19.3. The number of ether oxygens (including phenoxy) is 3. The molecule has 10 N–H and O–H groups in total. The van der Waals surface area contributed by atoms with Gasteiger partial charge in [-0.3, -0.25) is 18.5 Å². The first-order chi connectivity index (χ1) is 17.3. The summed E-state index contributed by atoms with van der Waals surface area (Å²) in [6.07, 6.45) is -4.91. The van der Waals surface area contributed by atoms with Gasteiger partial charge in [0.15, 0.2) is 17.4 Å². The molecule has 210 valence electrons.